The maximum Gasteiger partial charge on any atom is 0.269 e. The van der Waals surface area contributed by atoms with Gasteiger partial charge in [0.15, 0.2) is 0 Å². The Morgan fingerprint density at radius 1 is 1.12 bits per heavy atom. The van der Waals surface area contributed by atoms with Crippen LogP contribution in [0, 0.1) is 0 Å². The molecule has 2 rings (SSSR count). The average Bonchev–Trinajstić information content (AvgIpc) is 2.59. The highest BCUT2D eigenvalue weighted by Gasteiger charge is 2.08. The second-order valence-corrected chi connectivity index (χ2v) is 6.26. The summed E-state index contributed by atoms with van der Waals surface area (Å²) >= 11 is 0. The summed E-state index contributed by atoms with van der Waals surface area (Å²) < 4.78 is 0. The fourth-order valence-electron chi connectivity index (χ4n) is 2.54. The van der Waals surface area contributed by atoms with Crippen molar-refractivity contribution in [2.45, 2.75) is 46.0 Å². The Morgan fingerprint density at radius 3 is 2.58 bits per heavy atom. The first-order valence-electron chi connectivity index (χ1n) is 8.72. The van der Waals surface area contributed by atoms with E-state index in [2.05, 4.69) is 48.5 Å². The fourth-order valence-corrected chi connectivity index (χ4v) is 2.54. The molecule has 0 spiro atoms. The third kappa shape index (κ3) is 5.08. The molecule has 0 aliphatic heterocycles. The Morgan fingerprint density at radius 2 is 1.92 bits per heavy atom. The lowest BCUT2D eigenvalue weighted by atomic mass is 10.0. The average molecular weight is 325 g/mol. The summed E-state index contributed by atoms with van der Waals surface area (Å²) in [6.45, 7) is 7.19. The zero-order valence-corrected chi connectivity index (χ0v) is 14.8. The van der Waals surface area contributed by atoms with E-state index in [1.54, 1.807) is 12.3 Å². The smallest absolute Gasteiger partial charge is 0.269 e. The van der Waals surface area contributed by atoms with Gasteiger partial charge in [0, 0.05) is 12.2 Å². The van der Waals surface area contributed by atoms with Gasteiger partial charge in [0.05, 0.1) is 11.9 Å². The topological polar surface area (TPSA) is 54.0 Å². The number of carbonyl (C=O) groups is 1. The lowest BCUT2D eigenvalue weighted by Gasteiger charge is -2.14. The van der Waals surface area contributed by atoms with Gasteiger partial charge in [-0.2, -0.15) is 0 Å². The van der Waals surface area contributed by atoms with Gasteiger partial charge in [-0.3, -0.25) is 4.79 Å². The molecule has 2 aromatic rings. The zero-order valence-electron chi connectivity index (χ0n) is 14.8. The van der Waals surface area contributed by atoms with Gasteiger partial charge in [-0.25, -0.2) is 4.98 Å². The molecule has 2 N–H and O–H groups in total. The summed E-state index contributed by atoms with van der Waals surface area (Å²) in [5.41, 5.74) is 3.67. The minimum Gasteiger partial charge on any atom is -0.354 e. The van der Waals surface area contributed by atoms with Crippen LogP contribution in [-0.2, 0) is 0 Å². The second kappa shape index (κ2) is 9.06. The summed E-state index contributed by atoms with van der Waals surface area (Å²) in [5.74, 6) is 0.329. The Kier molecular flexibility index (Phi) is 6.79. The molecule has 0 fully saturated rings. The molecule has 4 nitrogen and oxygen atoms in total. The summed E-state index contributed by atoms with van der Waals surface area (Å²) in [5, 5.41) is 6.29. The molecule has 0 saturated carbocycles. The Hall–Kier alpha value is -2.36. The normalized spacial score (nSPS) is 10.7. The van der Waals surface area contributed by atoms with Crippen LogP contribution in [0.15, 0.2) is 42.6 Å². The summed E-state index contributed by atoms with van der Waals surface area (Å²) in [4.78, 5) is 16.3. The van der Waals surface area contributed by atoms with Gasteiger partial charge in [-0.1, -0.05) is 51.8 Å². The van der Waals surface area contributed by atoms with E-state index in [-0.39, 0.29) is 5.91 Å². The second-order valence-electron chi connectivity index (χ2n) is 6.26. The highest BCUT2D eigenvalue weighted by atomic mass is 16.1. The number of pyridine rings is 1. The lowest BCUT2D eigenvalue weighted by Crippen LogP contribution is -2.25. The minimum absolute atomic E-state index is 0.111. The third-order valence-electron chi connectivity index (χ3n) is 3.92. The van der Waals surface area contributed by atoms with Crippen molar-refractivity contribution in [2.24, 2.45) is 0 Å². The van der Waals surface area contributed by atoms with E-state index in [0.717, 1.165) is 30.6 Å². The Labute approximate surface area is 144 Å². The molecule has 1 heterocycles. The van der Waals surface area contributed by atoms with Crippen molar-refractivity contribution >= 4 is 17.3 Å². The van der Waals surface area contributed by atoms with E-state index in [0.29, 0.717) is 18.2 Å². The summed E-state index contributed by atoms with van der Waals surface area (Å²) in [6.07, 6.45) is 4.99. The van der Waals surface area contributed by atoms with Crippen molar-refractivity contribution in [1.29, 1.82) is 0 Å². The molecule has 4 heteroatoms. The van der Waals surface area contributed by atoms with E-state index in [1.165, 1.54) is 5.56 Å². The number of hydrogen-bond donors (Lipinski definition) is 2. The SMILES string of the molecule is CCCCCNC(=O)c1ccc(Nc2ccccc2C(C)C)cn1. The number of aromatic nitrogens is 1. The van der Waals surface area contributed by atoms with Crippen LogP contribution in [0.4, 0.5) is 11.4 Å². The molecule has 24 heavy (non-hydrogen) atoms. The van der Waals surface area contributed by atoms with Crippen molar-refractivity contribution in [3.63, 3.8) is 0 Å². The van der Waals surface area contributed by atoms with Crippen LogP contribution >= 0.6 is 0 Å². The van der Waals surface area contributed by atoms with E-state index >= 15 is 0 Å². The number of amides is 1. The fraction of sp³-hybridized carbons (Fsp3) is 0.400. The first-order valence-corrected chi connectivity index (χ1v) is 8.72. The number of nitrogens with one attached hydrogen (secondary N) is 2. The number of hydrogen-bond acceptors (Lipinski definition) is 3. The van der Waals surface area contributed by atoms with Crippen LogP contribution in [0.3, 0.4) is 0 Å². The van der Waals surface area contributed by atoms with Gasteiger partial charge in [0.2, 0.25) is 0 Å². The molecule has 1 aromatic carbocycles. The summed E-state index contributed by atoms with van der Waals surface area (Å²) in [7, 11) is 0. The van der Waals surface area contributed by atoms with Crippen LogP contribution in [0.25, 0.3) is 0 Å². The number of para-hydroxylation sites is 1. The zero-order chi connectivity index (χ0) is 17.4. The lowest BCUT2D eigenvalue weighted by molar-refractivity contribution is 0.0948. The maximum absolute atomic E-state index is 12.0. The number of carbonyl (C=O) groups excluding carboxylic acids is 1. The van der Waals surface area contributed by atoms with Crippen LogP contribution in [-0.4, -0.2) is 17.4 Å². The Balaban J connectivity index is 1.98. The molecule has 0 unspecified atom stereocenters. The minimum atomic E-state index is -0.111. The first-order chi connectivity index (χ1) is 11.6. The van der Waals surface area contributed by atoms with Crippen LogP contribution in [0.2, 0.25) is 0 Å². The van der Waals surface area contributed by atoms with Gasteiger partial charge in [-0.05, 0) is 36.1 Å². The van der Waals surface area contributed by atoms with Crippen molar-refractivity contribution in [3.05, 3.63) is 53.9 Å². The number of rotatable bonds is 8. The number of nitrogens with zero attached hydrogens (tertiary/aromatic N) is 1. The largest absolute Gasteiger partial charge is 0.354 e. The molecule has 0 saturated heterocycles. The highest BCUT2D eigenvalue weighted by Crippen LogP contribution is 2.26. The van der Waals surface area contributed by atoms with Crippen molar-refractivity contribution < 1.29 is 4.79 Å². The molecule has 1 amide bonds. The number of unbranched alkanes of at least 4 members (excludes halogenated alkanes) is 2. The molecule has 0 atom stereocenters. The van der Waals surface area contributed by atoms with Gasteiger partial charge in [0.25, 0.3) is 5.91 Å². The van der Waals surface area contributed by atoms with Gasteiger partial charge in [0.1, 0.15) is 5.69 Å². The first kappa shape index (κ1) is 18.0. The third-order valence-corrected chi connectivity index (χ3v) is 3.92. The van der Waals surface area contributed by atoms with Crippen LogP contribution in [0.5, 0.6) is 0 Å². The van der Waals surface area contributed by atoms with Crippen LogP contribution in [0.1, 0.15) is 62.0 Å². The highest BCUT2D eigenvalue weighted by molar-refractivity contribution is 5.92. The van der Waals surface area contributed by atoms with Gasteiger partial charge >= 0.3 is 0 Å². The molecule has 0 bridgehead atoms. The predicted octanol–water partition coefficient (Wildman–Crippen LogP) is 4.87. The maximum atomic E-state index is 12.0. The predicted molar refractivity (Wildman–Crippen MR) is 99.9 cm³/mol. The number of benzene rings is 1. The number of anilines is 2. The molecule has 0 aliphatic rings. The van der Waals surface area contributed by atoms with Crippen molar-refractivity contribution in [2.75, 3.05) is 11.9 Å². The molecule has 128 valence electrons. The van der Waals surface area contributed by atoms with E-state index < -0.39 is 0 Å². The quantitative estimate of drug-likeness (QED) is 0.681. The van der Waals surface area contributed by atoms with Crippen LogP contribution < -0.4 is 10.6 Å². The van der Waals surface area contributed by atoms with Gasteiger partial charge in [-0.15, -0.1) is 0 Å². The summed E-state index contributed by atoms with van der Waals surface area (Å²) in [6, 6.07) is 11.9. The van der Waals surface area contributed by atoms with E-state index in [1.807, 2.05) is 18.2 Å². The molecule has 0 aliphatic carbocycles. The molecule has 0 radical (unpaired) electrons. The molecular weight excluding hydrogens is 298 g/mol. The van der Waals surface area contributed by atoms with Gasteiger partial charge < -0.3 is 10.6 Å². The van der Waals surface area contributed by atoms with Crippen molar-refractivity contribution in [1.82, 2.24) is 10.3 Å². The standard InChI is InChI=1S/C20H27N3O/c1-4-5-8-13-21-20(24)19-12-11-16(14-22-19)23-18-10-7-6-9-17(18)15(2)3/h6-7,9-12,14-15,23H,4-5,8,13H2,1-3H3,(H,21,24). The Bertz CT molecular complexity index is 650. The van der Waals surface area contributed by atoms with Crippen molar-refractivity contribution in [3.8, 4) is 0 Å². The van der Waals surface area contributed by atoms with E-state index in [9.17, 15) is 4.79 Å². The molecular formula is C20H27N3O. The van der Waals surface area contributed by atoms with E-state index in [4.69, 9.17) is 0 Å². The molecule has 1 aromatic heterocycles. The monoisotopic (exact) mass is 325 g/mol.